The molecule has 0 saturated heterocycles. The predicted molar refractivity (Wildman–Crippen MR) is 165 cm³/mol. The molecule has 0 aliphatic rings. The molecule has 3 aromatic rings. The SMILES string of the molecule is Cc1ccccc1NC(=O)Nc1ccc(CC(=O)NC(CC(C)C)C(=O)NCC(O)CC(=O)OCc2ccccc2)cc1. The van der Waals surface area contributed by atoms with Gasteiger partial charge in [-0.2, -0.15) is 0 Å². The van der Waals surface area contributed by atoms with Gasteiger partial charge in [0.05, 0.1) is 18.9 Å². The molecule has 0 fully saturated rings. The van der Waals surface area contributed by atoms with Crippen molar-refractivity contribution in [3.8, 4) is 0 Å². The number of aliphatic hydroxyl groups is 1. The van der Waals surface area contributed by atoms with Gasteiger partial charge in [-0.15, -0.1) is 0 Å². The molecule has 0 aliphatic carbocycles. The maximum atomic E-state index is 12.9. The molecule has 0 spiro atoms. The highest BCUT2D eigenvalue weighted by molar-refractivity contribution is 6.00. The van der Waals surface area contributed by atoms with Crippen LogP contribution in [0.4, 0.5) is 16.2 Å². The summed E-state index contributed by atoms with van der Waals surface area (Å²) in [4.78, 5) is 50.1. The van der Waals surface area contributed by atoms with Crippen molar-refractivity contribution in [2.24, 2.45) is 5.92 Å². The zero-order valence-corrected chi connectivity index (χ0v) is 24.8. The second-order valence-corrected chi connectivity index (χ2v) is 10.8. The van der Waals surface area contributed by atoms with Crippen molar-refractivity contribution in [3.63, 3.8) is 0 Å². The quantitative estimate of drug-likeness (QED) is 0.177. The fourth-order valence-corrected chi connectivity index (χ4v) is 4.24. The molecule has 0 bridgehead atoms. The topological polar surface area (TPSA) is 146 Å². The van der Waals surface area contributed by atoms with Gasteiger partial charge in [-0.25, -0.2) is 4.79 Å². The van der Waals surface area contributed by atoms with E-state index in [1.807, 2.05) is 75.4 Å². The van der Waals surface area contributed by atoms with Gasteiger partial charge in [0.1, 0.15) is 12.6 Å². The van der Waals surface area contributed by atoms with Crippen LogP contribution in [-0.4, -0.2) is 47.6 Å². The van der Waals surface area contributed by atoms with E-state index in [0.717, 1.165) is 11.1 Å². The standard InChI is InChI=1S/C33H40N4O6/c1-22(2)17-29(32(41)34-20-27(38)19-31(40)43-21-25-10-5-4-6-11-25)36-30(39)18-24-13-15-26(16-14-24)35-33(42)37-28-12-8-7-9-23(28)3/h4-16,22,27,29,38H,17-21H2,1-3H3,(H,34,41)(H,36,39)(H2,35,37,42). The first kappa shape index (κ1) is 32.8. The minimum Gasteiger partial charge on any atom is -0.461 e. The van der Waals surface area contributed by atoms with Gasteiger partial charge >= 0.3 is 12.0 Å². The number of benzene rings is 3. The monoisotopic (exact) mass is 588 g/mol. The van der Waals surface area contributed by atoms with Gasteiger partial charge < -0.3 is 31.1 Å². The van der Waals surface area contributed by atoms with E-state index < -0.39 is 24.0 Å². The Morgan fingerprint density at radius 3 is 2.19 bits per heavy atom. The van der Waals surface area contributed by atoms with Gasteiger partial charge in [-0.3, -0.25) is 14.4 Å². The number of para-hydroxylation sites is 1. The number of esters is 1. The number of anilines is 2. The highest BCUT2D eigenvalue weighted by Crippen LogP contribution is 2.15. The number of carbonyl (C=O) groups excluding carboxylic acids is 4. The zero-order valence-electron chi connectivity index (χ0n) is 24.8. The summed E-state index contributed by atoms with van der Waals surface area (Å²) >= 11 is 0. The molecule has 10 heteroatoms. The van der Waals surface area contributed by atoms with E-state index in [1.54, 1.807) is 24.3 Å². The average molecular weight is 589 g/mol. The Morgan fingerprint density at radius 1 is 0.837 bits per heavy atom. The molecule has 10 nitrogen and oxygen atoms in total. The highest BCUT2D eigenvalue weighted by Gasteiger charge is 2.23. The second kappa shape index (κ2) is 16.7. The summed E-state index contributed by atoms with van der Waals surface area (Å²) in [6.45, 7) is 5.72. The minimum absolute atomic E-state index is 0.0352. The normalized spacial score (nSPS) is 12.1. The Hall–Kier alpha value is -4.70. The third-order valence-electron chi connectivity index (χ3n) is 6.49. The molecule has 0 aromatic heterocycles. The van der Waals surface area contributed by atoms with Crippen LogP contribution in [0.5, 0.6) is 0 Å². The van der Waals surface area contributed by atoms with Crippen molar-refractivity contribution in [1.29, 1.82) is 0 Å². The van der Waals surface area contributed by atoms with Crippen LogP contribution in [0.3, 0.4) is 0 Å². The van der Waals surface area contributed by atoms with Crippen molar-refractivity contribution >= 4 is 35.2 Å². The predicted octanol–water partition coefficient (Wildman–Crippen LogP) is 4.32. The van der Waals surface area contributed by atoms with Gasteiger partial charge in [0, 0.05) is 17.9 Å². The molecule has 0 radical (unpaired) electrons. The number of hydrogen-bond donors (Lipinski definition) is 5. The Kier molecular flexibility index (Phi) is 12.7. The van der Waals surface area contributed by atoms with Gasteiger partial charge in [0.15, 0.2) is 0 Å². The van der Waals surface area contributed by atoms with E-state index in [9.17, 15) is 24.3 Å². The smallest absolute Gasteiger partial charge is 0.323 e. The van der Waals surface area contributed by atoms with Gasteiger partial charge in [0.2, 0.25) is 11.8 Å². The number of carbonyl (C=O) groups is 4. The Balaban J connectivity index is 1.44. The van der Waals surface area contributed by atoms with Crippen LogP contribution in [0.1, 0.15) is 43.4 Å². The lowest BCUT2D eigenvalue weighted by molar-refractivity contribution is -0.147. The fourth-order valence-electron chi connectivity index (χ4n) is 4.24. The minimum atomic E-state index is -1.13. The molecule has 3 aromatic carbocycles. The lowest BCUT2D eigenvalue weighted by Gasteiger charge is -2.21. The van der Waals surface area contributed by atoms with Crippen LogP contribution in [0.2, 0.25) is 0 Å². The van der Waals surface area contributed by atoms with Crippen LogP contribution in [0.25, 0.3) is 0 Å². The summed E-state index contributed by atoms with van der Waals surface area (Å²) < 4.78 is 5.18. The summed E-state index contributed by atoms with van der Waals surface area (Å²) in [5.41, 5.74) is 3.76. The first-order valence-corrected chi connectivity index (χ1v) is 14.3. The molecule has 0 saturated carbocycles. The molecule has 0 heterocycles. The van der Waals surface area contributed by atoms with Crippen molar-refractivity contribution in [3.05, 3.63) is 95.6 Å². The number of ether oxygens (including phenoxy) is 1. The van der Waals surface area contributed by atoms with Crippen LogP contribution < -0.4 is 21.3 Å². The first-order valence-electron chi connectivity index (χ1n) is 14.3. The summed E-state index contributed by atoms with van der Waals surface area (Å²) in [5, 5.41) is 21.2. The van der Waals surface area contributed by atoms with Crippen molar-refractivity contribution in [1.82, 2.24) is 10.6 Å². The number of nitrogens with one attached hydrogen (secondary N) is 4. The maximum absolute atomic E-state index is 12.9. The third-order valence-corrected chi connectivity index (χ3v) is 6.49. The summed E-state index contributed by atoms with van der Waals surface area (Å²) in [6, 6.07) is 22.3. The zero-order chi connectivity index (χ0) is 31.2. The molecule has 4 amide bonds. The molecule has 5 N–H and O–H groups in total. The largest absolute Gasteiger partial charge is 0.461 e. The van der Waals surface area contributed by atoms with Crippen LogP contribution in [0, 0.1) is 12.8 Å². The van der Waals surface area contributed by atoms with E-state index in [4.69, 9.17) is 4.74 Å². The molecule has 0 aliphatic heterocycles. The van der Waals surface area contributed by atoms with Gasteiger partial charge in [-0.1, -0.05) is 74.5 Å². The molecule has 2 atom stereocenters. The number of urea groups is 1. The average Bonchev–Trinajstić information content (AvgIpc) is 2.97. The molecule has 2 unspecified atom stereocenters. The van der Waals surface area contributed by atoms with Crippen LogP contribution in [0.15, 0.2) is 78.9 Å². The molecule has 43 heavy (non-hydrogen) atoms. The van der Waals surface area contributed by atoms with Gasteiger partial charge in [0.25, 0.3) is 0 Å². The Morgan fingerprint density at radius 2 is 1.51 bits per heavy atom. The molecular formula is C33H40N4O6. The maximum Gasteiger partial charge on any atom is 0.323 e. The number of rotatable bonds is 14. The lowest BCUT2D eigenvalue weighted by atomic mass is 10.0. The van der Waals surface area contributed by atoms with Gasteiger partial charge in [-0.05, 0) is 54.2 Å². The summed E-state index contributed by atoms with van der Waals surface area (Å²) in [5.74, 6) is -1.25. The highest BCUT2D eigenvalue weighted by atomic mass is 16.5. The summed E-state index contributed by atoms with van der Waals surface area (Å²) in [6.07, 6.45) is -0.972. The lowest BCUT2D eigenvalue weighted by Crippen LogP contribution is -2.49. The van der Waals surface area contributed by atoms with Crippen molar-refractivity contribution < 1.29 is 29.0 Å². The molecule has 3 rings (SSSR count). The first-order chi connectivity index (χ1) is 20.6. The van der Waals surface area contributed by atoms with Crippen LogP contribution in [-0.2, 0) is 32.1 Å². The Bertz CT molecular complexity index is 1360. The molecular weight excluding hydrogens is 548 g/mol. The van der Waals surface area contributed by atoms with E-state index in [0.29, 0.717) is 23.4 Å². The Labute approximate surface area is 252 Å². The van der Waals surface area contributed by atoms with E-state index in [1.165, 1.54) is 0 Å². The van der Waals surface area contributed by atoms with Crippen molar-refractivity contribution in [2.45, 2.75) is 58.8 Å². The summed E-state index contributed by atoms with van der Waals surface area (Å²) in [7, 11) is 0. The fraction of sp³-hybridized carbons (Fsp3) is 0.333. The van der Waals surface area contributed by atoms with Crippen LogP contribution >= 0.6 is 0 Å². The number of aliphatic hydroxyl groups excluding tert-OH is 1. The number of aryl methyl sites for hydroxylation is 1. The second-order valence-electron chi connectivity index (χ2n) is 10.8. The van der Waals surface area contributed by atoms with E-state index in [2.05, 4.69) is 21.3 Å². The van der Waals surface area contributed by atoms with E-state index in [-0.39, 0.29) is 43.8 Å². The van der Waals surface area contributed by atoms with Crippen molar-refractivity contribution in [2.75, 3.05) is 17.2 Å². The number of hydrogen-bond acceptors (Lipinski definition) is 6. The number of amides is 4. The third kappa shape index (κ3) is 12.0. The molecule has 228 valence electrons. The van der Waals surface area contributed by atoms with E-state index >= 15 is 0 Å².